The van der Waals surface area contributed by atoms with Crippen LogP contribution in [0.25, 0.3) is 0 Å². The average Bonchev–Trinajstić information content (AvgIpc) is 2.16. The highest BCUT2D eigenvalue weighted by atomic mass is 16.6. The van der Waals surface area contributed by atoms with E-state index in [1.807, 2.05) is 25.7 Å². The fourth-order valence-corrected chi connectivity index (χ4v) is 1.93. The minimum Gasteiger partial charge on any atom is -0.444 e. The lowest BCUT2D eigenvalue weighted by Crippen LogP contribution is -2.47. The predicted octanol–water partition coefficient (Wildman–Crippen LogP) is 2.34. The lowest BCUT2D eigenvalue weighted by atomic mass is 10.1. The minimum atomic E-state index is -0.408. The molecule has 0 radical (unpaired) electrons. The Morgan fingerprint density at radius 3 is 2.41 bits per heavy atom. The summed E-state index contributed by atoms with van der Waals surface area (Å²) in [4.78, 5) is 16.2. The summed E-state index contributed by atoms with van der Waals surface area (Å²) in [7, 11) is 2.11. The summed E-state index contributed by atoms with van der Waals surface area (Å²) in [6.07, 6.45) is 2.01. The van der Waals surface area contributed by atoms with Gasteiger partial charge in [0, 0.05) is 19.1 Å². The Kier molecular flexibility index (Phi) is 4.80. The highest BCUT2D eigenvalue weighted by Gasteiger charge is 2.25. The van der Waals surface area contributed by atoms with Crippen molar-refractivity contribution in [3.05, 3.63) is 0 Å². The van der Waals surface area contributed by atoms with E-state index in [9.17, 15) is 4.79 Å². The van der Waals surface area contributed by atoms with Crippen molar-refractivity contribution in [3.8, 4) is 0 Å². The number of hydrogen-bond donors (Lipinski definition) is 0. The third-order valence-electron chi connectivity index (χ3n) is 3.08. The van der Waals surface area contributed by atoms with Gasteiger partial charge in [-0.15, -0.1) is 0 Å². The Hall–Kier alpha value is -0.770. The molecule has 4 nitrogen and oxygen atoms in total. The number of amides is 1. The number of rotatable bonds is 0. The maximum absolute atomic E-state index is 12.0. The van der Waals surface area contributed by atoms with Crippen LogP contribution in [0.1, 0.15) is 40.5 Å². The molecule has 0 unspecified atom stereocenters. The van der Waals surface area contributed by atoms with Crippen LogP contribution in [0.4, 0.5) is 4.79 Å². The van der Waals surface area contributed by atoms with Crippen molar-refractivity contribution in [3.63, 3.8) is 0 Å². The van der Waals surface area contributed by atoms with Gasteiger partial charge in [-0.1, -0.05) is 0 Å². The molecule has 0 aliphatic carbocycles. The first kappa shape index (κ1) is 14.3. The zero-order valence-electron chi connectivity index (χ0n) is 11.8. The van der Waals surface area contributed by atoms with Crippen molar-refractivity contribution in [2.45, 2.75) is 52.2 Å². The number of carbonyl (C=O) groups is 1. The van der Waals surface area contributed by atoms with Crippen molar-refractivity contribution in [1.29, 1.82) is 0 Å². The summed E-state index contributed by atoms with van der Waals surface area (Å²) >= 11 is 0. The third kappa shape index (κ3) is 4.94. The topological polar surface area (TPSA) is 32.8 Å². The van der Waals surface area contributed by atoms with Crippen molar-refractivity contribution in [1.82, 2.24) is 9.80 Å². The zero-order valence-corrected chi connectivity index (χ0v) is 11.8. The fourth-order valence-electron chi connectivity index (χ4n) is 1.93. The number of nitrogens with zero attached hydrogens (tertiary/aromatic N) is 2. The van der Waals surface area contributed by atoms with Crippen LogP contribution in [0.15, 0.2) is 0 Å². The number of ether oxygens (including phenoxy) is 1. The van der Waals surface area contributed by atoms with Crippen molar-refractivity contribution in [2.24, 2.45) is 0 Å². The van der Waals surface area contributed by atoms with Gasteiger partial charge in [0.1, 0.15) is 5.60 Å². The molecule has 0 spiro atoms. The summed E-state index contributed by atoms with van der Waals surface area (Å²) in [6.45, 7) is 10.6. The molecular weight excluding hydrogens is 216 g/mol. The molecule has 100 valence electrons. The second kappa shape index (κ2) is 5.71. The predicted molar refractivity (Wildman–Crippen MR) is 69.1 cm³/mol. The van der Waals surface area contributed by atoms with Gasteiger partial charge in [0.2, 0.25) is 0 Å². The van der Waals surface area contributed by atoms with Crippen LogP contribution >= 0.6 is 0 Å². The van der Waals surface area contributed by atoms with E-state index in [2.05, 4.69) is 18.9 Å². The molecule has 1 amide bonds. The Morgan fingerprint density at radius 1 is 1.24 bits per heavy atom. The van der Waals surface area contributed by atoms with E-state index in [1.54, 1.807) is 0 Å². The largest absolute Gasteiger partial charge is 0.444 e. The standard InChI is InChI=1S/C13H26N2O2/c1-11-10-15(9-7-6-8-14(11)5)12(16)17-13(2,3)4/h11H,6-10H2,1-5H3/t11-/m1/s1. The quantitative estimate of drug-likeness (QED) is 0.653. The molecule has 0 N–H and O–H groups in total. The first-order chi connectivity index (χ1) is 7.79. The summed E-state index contributed by atoms with van der Waals surface area (Å²) < 4.78 is 5.43. The summed E-state index contributed by atoms with van der Waals surface area (Å²) in [5, 5.41) is 0. The molecule has 1 heterocycles. The fraction of sp³-hybridized carbons (Fsp3) is 0.923. The van der Waals surface area contributed by atoms with Crippen molar-refractivity contribution >= 4 is 6.09 Å². The van der Waals surface area contributed by atoms with Gasteiger partial charge in [-0.2, -0.15) is 0 Å². The number of carbonyl (C=O) groups excluding carboxylic acids is 1. The summed E-state index contributed by atoms with van der Waals surface area (Å²) in [5.41, 5.74) is -0.408. The molecule has 1 aliphatic heterocycles. The van der Waals surface area contributed by atoms with Crippen LogP contribution in [0, 0.1) is 0 Å². The second-order valence-corrected chi connectivity index (χ2v) is 5.96. The van der Waals surface area contributed by atoms with E-state index < -0.39 is 5.60 Å². The molecule has 1 atom stereocenters. The molecule has 1 fully saturated rings. The van der Waals surface area contributed by atoms with E-state index in [4.69, 9.17) is 4.74 Å². The molecule has 0 bridgehead atoms. The minimum absolute atomic E-state index is 0.181. The van der Waals surface area contributed by atoms with E-state index in [0.29, 0.717) is 6.04 Å². The molecule has 0 aromatic rings. The number of hydrogen-bond acceptors (Lipinski definition) is 3. The van der Waals surface area contributed by atoms with Crippen LogP contribution in [0.5, 0.6) is 0 Å². The molecular formula is C13H26N2O2. The van der Waals surface area contributed by atoms with Crippen LogP contribution < -0.4 is 0 Å². The Labute approximate surface area is 105 Å². The monoisotopic (exact) mass is 242 g/mol. The molecule has 1 aliphatic rings. The molecule has 1 saturated heterocycles. The Bertz CT molecular complexity index is 261. The van der Waals surface area contributed by atoms with Gasteiger partial charge in [-0.3, -0.25) is 0 Å². The van der Waals surface area contributed by atoms with Gasteiger partial charge in [-0.25, -0.2) is 4.79 Å². The maximum atomic E-state index is 12.0. The third-order valence-corrected chi connectivity index (χ3v) is 3.08. The Morgan fingerprint density at radius 2 is 1.82 bits per heavy atom. The van der Waals surface area contributed by atoms with Crippen LogP contribution in [0.3, 0.4) is 0 Å². The molecule has 4 heteroatoms. The van der Waals surface area contributed by atoms with Gasteiger partial charge in [-0.05, 0) is 54.1 Å². The van der Waals surface area contributed by atoms with Gasteiger partial charge in [0.15, 0.2) is 0 Å². The summed E-state index contributed by atoms with van der Waals surface area (Å²) in [5.74, 6) is 0. The summed E-state index contributed by atoms with van der Waals surface area (Å²) in [6, 6.07) is 0.391. The van der Waals surface area contributed by atoms with Gasteiger partial charge >= 0.3 is 6.09 Å². The van der Waals surface area contributed by atoms with Gasteiger partial charge in [0.05, 0.1) is 0 Å². The lowest BCUT2D eigenvalue weighted by Gasteiger charge is -2.34. The molecule has 0 saturated carbocycles. The molecule has 1 rings (SSSR count). The van der Waals surface area contributed by atoms with Gasteiger partial charge in [0.25, 0.3) is 0 Å². The highest BCUT2D eigenvalue weighted by molar-refractivity contribution is 5.68. The van der Waals surface area contributed by atoms with Crippen molar-refractivity contribution < 1.29 is 9.53 Å². The van der Waals surface area contributed by atoms with E-state index >= 15 is 0 Å². The SMILES string of the molecule is C[C@@H]1CN(C(=O)OC(C)(C)C)CCCCN1C. The number of likely N-dealkylation sites (N-methyl/N-ethyl adjacent to an activating group) is 1. The van der Waals surface area contributed by atoms with Crippen LogP contribution in [-0.4, -0.2) is 54.2 Å². The van der Waals surface area contributed by atoms with E-state index in [1.165, 1.54) is 0 Å². The highest BCUT2D eigenvalue weighted by Crippen LogP contribution is 2.13. The van der Waals surface area contributed by atoms with E-state index in [-0.39, 0.29) is 6.09 Å². The average molecular weight is 242 g/mol. The first-order valence-corrected chi connectivity index (χ1v) is 6.48. The maximum Gasteiger partial charge on any atom is 0.410 e. The normalized spacial score (nSPS) is 24.1. The van der Waals surface area contributed by atoms with Crippen LogP contribution in [-0.2, 0) is 4.74 Å². The molecule has 0 aromatic carbocycles. The molecule has 0 aromatic heterocycles. The van der Waals surface area contributed by atoms with E-state index in [0.717, 1.165) is 32.5 Å². The van der Waals surface area contributed by atoms with Gasteiger partial charge < -0.3 is 14.5 Å². The van der Waals surface area contributed by atoms with Crippen LogP contribution in [0.2, 0.25) is 0 Å². The smallest absolute Gasteiger partial charge is 0.410 e. The lowest BCUT2D eigenvalue weighted by molar-refractivity contribution is 0.0176. The first-order valence-electron chi connectivity index (χ1n) is 6.48. The zero-order chi connectivity index (χ0) is 13.1. The second-order valence-electron chi connectivity index (χ2n) is 5.96. The molecule has 17 heavy (non-hydrogen) atoms. The van der Waals surface area contributed by atoms with Crippen molar-refractivity contribution in [2.75, 3.05) is 26.7 Å². The Balaban J connectivity index is 2.58.